The van der Waals surface area contributed by atoms with E-state index in [2.05, 4.69) is 5.32 Å². The number of esters is 1. The van der Waals surface area contributed by atoms with Crippen LogP contribution in [0.2, 0.25) is 0 Å². The third-order valence-corrected chi connectivity index (χ3v) is 6.81. The molecule has 8 heteroatoms. The molecule has 1 aromatic rings. The Morgan fingerprint density at radius 1 is 1.10 bits per heavy atom. The van der Waals surface area contributed by atoms with Crippen LogP contribution < -0.4 is 5.32 Å². The first-order valence-electron chi connectivity index (χ1n) is 11.0. The largest absolute Gasteiger partial charge is 0.451 e. The van der Waals surface area contributed by atoms with Crippen LogP contribution in [0.25, 0.3) is 0 Å². The number of imide groups is 1. The summed E-state index contributed by atoms with van der Waals surface area (Å²) in [4.78, 5) is 52.9. The Morgan fingerprint density at radius 3 is 2.55 bits per heavy atom. The highest BCUT2D eigenvalue weighted by Gasteiger charge is 2.56. The Hall–Kier alpha value is -2.90. The number of benzene rings is 1. The monoisotopic (exact) mass is 427 g/mol. The molecule has 1 saturated carbocycles. The van der Waals surface area contributed by atoms with Gasteiger partial charge in [-0.2, -0.15) is 0 Å². The van der Waals surface area contributed by atoms with Gasteiger partial charge in [0.15, 0.2) is 6.10 Å². The van der Waals surface area contributed by atoms with Crippen LogP contribution in [0.4, 0.5) is 10.5 Å². The number of ether oxygens (including phenoxy) is 1. The summed E-state index contributed by atoms with van der Waals surface area (Å²) >= 11 is 0. The molecular formula is C23H29N3O5. The number of carbonyl (C=O) groups excluding carboxylic acids is 4. The van der Waals surface area contributed by atoms with E-state index >= 15 is 0 Å². The molecule has 166 valence electrons. The van der Waals surface area contributed by atoms with Gasteiger partial charge in [0.25, 0.3) is 11.8 Å². The summed E-state index contributed by atoms with van der Waals surface area (Å²) in [6.45, 7) is 0.989. The molecule has 1 heterocycles. The second kappa shape index (κ2) is 8.32. The van der Waals surface area contributed by atoms with Gasteiger partial charge in [0.05, 0.1) is 0 Å². The SMILES string of the molecule is C[C@@H](OC(=O)CN1C(=O)N(C)C2(CCCCC2)C1=O)C(=O)Nc1ccc2c(c1)CCC2. The number of anilines is 1. The summed E-state index contributed by atoms with van der Waals surface area (Å²) in [6, 6.07) is 5.32. The maximum Gasteiger partial charge on any atom is 0.327 e. The summed E-state index contributed by atoms with van der Waals surface area (Å²) in [5.74, 6) is -1.57. The van der Waals surface area contributed by atoms with Crippen molar-refractivity contribution in [2.24, 2.45) is 0 Å². The minimum Gasteiger partial charge on any atom is -0.451 e. The van der Waals surface area contributed by atoms with E-state index in [9.17, 15) is 19.2 Å². The van der Waals surface area contributed by atoms with E-state index in [0.29, 0.717) is 18.5 Å². The molecular weight excluding hydrogens is 398 g/mol. The van der Waals surface area contributed by atoms with E-state index in [1.54, 1.807) is 7.05 Å². The minimum absolute atomic E-state index is 0.341. The summed E-state index contributed by atoms with van der Waals surface area (Å²) in [6.07, 6.45) is 6.14. The molecule has 1 spiro atoms. The molecule has 2 fully saturated rings. The van der Waals surface area contributed by atoms with Gasteiger partial charge in [-0.1, -0.05) is 25.3 Å². The quantitative estimate of drug-likeness (QED) is 0.576. The van der Waals surface area contributed by atoms with Crippen molar-refractivity contribution in [1.82, 2.24) is 9.80 Å². The zero-order chi connectivity index (χ0) is 22.2. The van der Waals surface area contributed by atoms with Crippen molar-refractivity contribution in [2.45, 2.75) is 69.9 Å². The number of likely N-dealkylation sites (N-methyl/N-ethyl adjacent to an activating group) is 1. The number of hydrogen-bond acceptors (Lipinski definition) is 5. The fraction of sp³-hybridized carbons (Fsp3) is 0.565. The molecule has 2 aliphatic carbocycles. The van der Waals surface area contributed by atoms with Crippen LogP contribution in [0, 0.1) is 0 Å². The molecule has 0 bridgehead atoms. The highest BCUT2D eigenvalue weighted by Crippen LogP contribution is 2.39. The number of rotatable bonds is 5. The van der Waals surface area contributed by atoms with E-state index in [1.165, 1.54) is 23.0 Å². The van der Waals surface area contributed by atoms with Crippen LogP contribution in [-0.4, -0.2) is 58.8 Å². The average Bonchev–Trinajstić information content (AvgIpc) is 3.29. The fourth-order valence-corrected chi connectivity index (χ4v) is 4.98. The van der Waals surface area contributed by atoms with Gasteiger partial charge in [0.2, 0.25) is 0 Å². The van der Waals surface area contributed by atoms with E-state index in [4.69, 9.17) is 4.74 Å². The predicted molar refractivity (Wildman–Crippen MR) is 113 cm³/mol. The van der Waals surface area contributed by atoms with Gasteiger partial charge in [-0.05, 0) is 62.3 Å². The van der Waals surface area contributed by atoms with Crippen molar-refractivity contribution < 1.29 is 23.9 Å². The molecule has 31 heavy (non-hydrogen) atoms. The number of amides is 4. The van der Waals surface area contributed by atoms with Gasteiger partial charge in [-0.25, -0.2) is 4.79 Å². The average molecular weight is 428 g/mol. The van der Waals surface area contributed by atoms with E-state index in [1.807, 2.05) is 18.2 Å². The lowest BCUT2D eigenvalue weighted by atomic mass is 9.81. The van der Waals surface area contributed by atoms with Crippen molar-refractivity contribution in [1.29, 1.82) is 0 Å². The first-order valence-corrected chi connectivity index (χ1v) is 11.0. The van der Waals surface area contributed by atoms with Crippen LogP contribution in [0.15, 0.2) is 18.2 Å². The standard InChI is InChI=1S/C23H29N3O5/c1-15(20(28)24-18-10-9-16-7-6-8-17(16)13-18)31-19(27)14-26-21(29)23(25(2)22(26)30)11-4-3-5-12-23/h9-10,13,15H,3-8,11-12,14H2,1-2H3,(H,24,28)/t15-/m1/s1. The highest BCUT2D eigenvalue weighted by molar-refractivity contribution is 6.08. The molecule has 1 aromatic carbocycles. The van der Waals surface area contributed by atoms with E-state index in [0.717, 1.165) is 43.4 Å². The normalized spacial score (nSPS) is 20.7. The predicted octanol–water partition coefficient (Wildman–Crippen LogP) is 2.64. The molecule has 1 saturated heterocycles. The van der Waals surface area contributed by atoms with Crippen molar-refractivity contribution in [3.05, 3.63) is 29.3 Å². The van der Waals surface area contributed by atoms with Crippen LogP contribution in [0.1, 0.15) is 56.6 Å². The lowest BCUT2D eigenvalue weighted by Gasteiger charge is -2.35. The molecule has 1 atom stereocenters. The molecule has 1 N–H and O–H groups in total. The molecule has 3 aliphatic rings. The topological polar surface area (TPSA) is 96.0 Å². The van der Waals surface area contributed by atoms with Crippen molar-refractivity contribution >= 4 is 29.5 Å². The lowest BCUT2D eigenvalue weighted by Crippen LogP contribution is -2.49. The Balaban J connectivity index is 1.34. The maximum absolute atomic E-state index is 13.0. The summed E-state index contributed by atoms with van der Waals surface area (Å²) in [7, 11) is 1.61. The summed E-state index contributed by atoms with van der Waals surface area (Å²) in [5, 5.41) is 2.77. The molecule has 1 aliphatic heterocycles. The smallest absolute Gasteiger partial charge is 0.327 e. The lowest BCUT2D eigenvalue weighted by molar-refractivity contribution is -0.155. The Kier molecular flexibility index (Phi) is 5.73. The Bertz CT molecular complexity index is 922. The Morgan fingerprint density at radius 2 is 1.81 bits per heavy atom. The number of fused-ring (bicyclic) bond motifs is 1. The van der Waals surface area contributed by atoms with Crippen LogP contribution >= 0.6 is 0 Å². The van der Waals surface area contributed by atoms with E-state index in [-0.39, 0.29) is 5.91 Å². The number of hydrogen-bond donors (Lipinski definition) is 1. The van der Waals surface area contributed by atoms with Crippen molar-refractivity contribution in [3.8, 4) is 0 Å². The van der Waals surface area contributed by atoms with Crippen LogP contribution in [0.3, 0.4) is 0 Å². The number of urea groups is 1. The number of carbonyl (C=O) groups is 4. The van der Waals surface area contributed by atoms with Crippen LogP contribution in [0.5, 0.6) is 0 Å². The molecule has 4 amide bonds. The van der Waals surface area contributed by atoms with Gasteiger partial charge in [0.1, 0.15) is 12.1 Å². The third kappa shape index (κ3) is 3.91. The zero-order valence-corrected chi connectivity index (χ0v) is 18.1. The van der Waals surface area contributed by atoms with Gasteiger partial charge in [0, 0.05) is 12.7 Å². The number of aryl methyl sites for hydroxylation is 2. The van der Waals surface area contributed by atoms with Gasteiger partial charge >= 0.3 is 12.0 Å². The minimum atomic E-state index is -1.05. The highest BCUT2D eigenvalue weighted by atomic mass is 16.5. The first-order chi connectivity index (χ1) is 14.8. The number of nitrogens with zero attached hydrogens (tertiary/aromatic N) is 2. The maximum atomic E-state index is 13.0. The summed E-state index contributed by atoms with van der Waals surface area (Å²) in [5.41, 5.74) is 2.36. The van der Waals surface area contributed by atoms with Crippen molar-refractivity contribution in [3.63, 3.8) is 0 Å². The first kappa shape index (κ1) is 21.3. The molecule has 0 aromatic heterocycles. The van der Waals surface area contributed by atoms with Gasteiger partial charge in [-0.3, -0.25) is 19.3 Å². The Labute approximate surface area is 181 Å². The second-order valence-corrected chi connectivity index (χ2v) is 8.78. The van der Waals surface area contributed by atoms with Crippen molar-refractivity contribution in [2.75, 3.05) is 18.9 Å². The molecule has 0 unspecified atom stereocenters. The fourth-order valence-electron chi connectivity index (χ4n) is 4.98. The van der Waals surface area contributed by atoms with Gasteiger partial charge in [-0.15, -0.1) is 0 Å². The number of nitrogens with one attached hydrogen (secondary N) is 1. The third-order valence-electron chi connectivity index (χ3n) is 6.81. The zero-order valence-electron chi connectivity index (χ0n) is 18.1. The van der Waals surface area contributed by atoms with E-state index < -0.39 is 36.1 Å². The second-order valence-electron chi connectivity index (χ2n) is 8.78. The molecule has 8 nitrogen and oxygen atoms in total. The van der Waals surface area contributed by atoms with Gasteiger partial charge < -0.3 is 15.0 Å². The van der Waals surface area contributed by atoms with Crippen LogP contribution in [-0.2, 0) is 32.0 Å². The molecule has 0 radical (unpaired) electrons. The summed E-state index contributed by atoms with van der Waals surface area (Å²) < 4.78 is 5.23. The molecule has 4 rings (SSSR count).